The Hall–Kier alpha value is -2.66. The Labute approximate surface area is 146 Å². The van der Waals surface area contributed by atoms with E-state index in [1.165, 1.54) is 4.90 Å². The molecule has 24 heavy (non-hydrogen) atoms. The SMILES string of the molecule is CCOc1ccccc1/C=C1\NC(=S)N(c2ccc(C)cc2)C1=O. The molecule has 2 aromatic carbocycles. The summed E-state index contributed by atoms with van der Waals surface area (Å²) in [4.78, 5) is 14.2. The zero-order valence-electron chi connectivity index (χ0n) is 13.6. The molecule has 0 spiro atoms. The van der Waals surface area contributed by atoms with Gasteiger partial charge in [0.1, 0.15) is 11.4 Å². The first-order valence-electron chi connectivity index (χ1n) is 7.76. The average molecular weight is 338 g/mol. The Bertz CT molecular complexity index is 812. The van der Waals surface area contributed by atoms with Crippen LogP contribution in [-0.4, -0.2) is 17.6 Å². The number of ether oxygens (including phenoxy) is 1. The van der Waals surface area contributed by atoms with Crippen LogP contribution in [0.3, 0.4) is 0 Å². The maximum atomic E-state index is 12.7. The number of anilines is 1. The van der Waals surface area contributed by atoms with Gasteiger partial charge in [-0.05, 0) is 50.3 Å². The fourth-order valence-electron chi connectivity index (χ4n) is 2.51. The number of thiocarbonyl (C=S) groups is 1. The van der Waals surface area contributed by atoms with E-state index in [4.69, 9.17) is 17.0 Å². The zero-order valence-corrected chi connectivity index (χ0v) is 14.4. The van der Waals surface area contributed by atoms with E-state index in [1.54, 1.807) is 6.08 Å². The van der Waals surface area contributed by atoms with Gasteiger partial charge in [0.25, 0.3) is 5.91 Å². The van der Waals surface area contributed by atoms with Crippen LogP contribution in [0, 0.1) is 6.92 Å². The third kappa shape index (κ3) is 3.16. The summed E-state index contributed by atoms with van der Waals surface area (Å²) in [6.07, 6.45) is 1.77. The molecule has 4 nitrogen and oxygen atoms in total. The molecule has 2 aromatic rings. The minimum atomic E-state index is -0.171. The highest BCUT2D eigenvalue weighted by Crippen LogP contribution is 2.25. The molecule has 3 rings (SSSR count). The standard InChI is InChI=1S/C19H18N2O2S/c1-3-23-17-7-5-4-6-14(17)12-16-18(22)21(19(24)20-16)15-10-8-13(2)9-11-15/h4-12H,3H2,1-2H3,(H,20,24)/b16-12-. The summed E-state index contributed by atoms with van der Waals surface area (Å²) >= 11 is 5.33. The van der Waals surface area contributed by atoms with Gasteiger partial charge in [0.2, 0.25) is 0 Å². The van der Waals surface area contributed by atoms with Gasteiger partial charge >= 0.3 is 0 Å². The molecule has 1 aliphatic rings. The largest absolute Gasteiger partial charge is 0.493 e. The monoisotopic (exact) mass is 338 g/mol. The molecular weight excluding hydrogens is 320 g/mol. The quantitative estimate of drug-likeness (QED) is 0.682. The molecule has 1 amide bonds. The number of carbonyl (C=O) groups is 1. The second kappa shape index (κ2) is 6.84. The molecule has 0 saturated carbocycles. The first-order valence-corrected chi connectivity index (χ1v) is 8.16. The lowest BCUT2D eigenvalue weighted by Gasteiger charge is -2.14. The van der Waals surface area contributed by atoms with Crippen molar-refractivity contribution in [3.8, 4) is 5.75 Å². The number of para-hydroxylation sites is 1. The van der Waals surface area contributed by atoms with Gasteiger partial charge in [-0.25, -0.2) is 0 Å². The van der Waals surface area contributed by atoms with E-state index in [1.807, 2.05) is 62.4 Å². The predicted octanol–water partition coefficient (Wildman–Crippen LogP) is 3.66. The second-order valence-corrected chi connectivity index (χ2v) is 5.82. The Morgan fingerprint density at radius 3 is 2.58 bits per heavy atom. The van der Waals surface area contributed by atoms with Crippen LogP contribution in [0.25, 0.3) is 6.08 Å². The minimum Gasteiger partial charge on any atom is -0.493 e. The number of benzene rings is 2. The lowest BCUT2D eigenvalue weighted by Crippen LogP contribution is -2.30. The fourth-order valence-corrected chi connectivity index (χ4v) is 2.80. The maximum absolute atomic E-state index is 12.7. The van der Waals surface area contributed by atoms with Gasteiger partial charge < -0.3 is 10.1 Å². The predicted molar refractivity (Wildman–Crippen MR) is 100.0 cm³/mol. The van der Waals surface area contributed by atoms with E-state index < -0.39 is 0 Å². The van der Waals surface area contributed by atoms with Gasteiger partial charge in [0.15, 0.2) is 5.11 Å². The lowest BCUT2D eigenvalue weighted by atomic mass is 10.1. The van der Waals surface area contributed by atoms with Crippen LogP contribution in [0.5, 0.6) is 5.75 Å². The van der Waals surface area contributed by atoms with Gasteiger partial charge in [0, 0.05) is 5.56 Å². The molecule has 1 heterocycles. The van der Waals surface area contributed by atoms with E-state index in [0.717, 1.165) is 22.6 Å². The Morgan fingerprint density at radius 2 is 1.88 bits per heavy atom. The number of amides is 1. The average Bonchev–Trinajstić information content (AvgIpc) is 2.85. The fraction of sp³-hybridized carbons (Fsp3) is 0.158. The second-order valence-electron chi connectivity index (χ2n) is 5.44. The molecule has 0 bridgehead atoms. The van der Waals surface area contributed by atoms with Crippen molar-refractivity contribution in [3.05, 3.63) is 65.4 Å². The number of carbonyl (C=O) groups excluding carboxylic acids is 1. The highest BCUT2D eigenvalue weighted by Gasteiger charge is 2.32. The van der Waals surface area contributed by atoms with E-state index in [2.05, 4.69) is 5.32 Å². The summed E-state index contributed by atoms with van der Waals surface area (Å²) in [5, 5.41) is 3.38. The molecule has 1 saturated heterocycles. The third-order valence-electron chi connectivity index (χ3n) is 3.69. The van der Waals surface area contributed by atoms with Crippen molar-refractivity contribution in [2.24, 2.45) is 0 Å². The first-order chi connectivity index (χ1) is 11.6. The van der Waals surface area contributed by atoms with E-state index in [9.17, 15) is 4.79 Å². The summed E-state index contributed by atoms with van der Waals surface area (Å²) in [5.74, 6) is 0.567. The van der Waals surface area contributed by atoms with Crippen LogP contribution in [0.15, 0.2) is 54.2 Å². The van der Waals surface area contributed by atoms with Gasteiger partial charge in [0.05, 0.1) is 12.3 Å². The molecule has 5 heteroatoms. The molecule has 1 N–H and O–H groups in total. The van der Waals surface area contributed by atoms with Crippen LogP contribution < -0.4 is 15.0 Å². The van der Waals surface area contributed by atoms with Crippen LogP contribution in [-0.2, 0) is 4.79 Å². The number of rotatable bonds is 4. The summed E-state index contributed by atoms with van der Waals surface area (Å²) in [7, 11) is 0. The molecule has 0 aromatic heterocycles. The summed E-state index contributed by atoms with van der Waals surface area (Å²) in [6, 6.07) is 15.3. The number of nitrogens with zero attached hydrogens (tertiary/aromatic N) is 1. The molecule has 0 atom stereocenters. The summed E-state index contributed by atoms with van der Waals surface area (Å²) < 4.78 is 5.60. The van der Waals surface area contributed by atoms with Crippen molar-refractivity contribution in [1.29, 1.82) is 0 Å². The van der Waals surface area contributed by atoms with Crippen molar-refractivity contribution in [2.45, 2.75) is 13.8 Å². The number of nitrogens with one attached hydrogen (secondary N) is 1. The number of hydrogen-bond acceptors (Lipinski definition) is 3. The van der Waals surface area contributed by atoms with Gasteiger partial charge in [-0.1, -0.05) is 35.9 Å². The molecule has 1 aliphatic heterocycles. The summed E-state index contributed by atoms with van der Waals surface area (Å²) in [6.45, 7) is 4.49. The van der Waals surface area contributed by atoms with Crippen LogP contribution in [0.1, 0.15) is 18.1 Å². The highest BCUT2D eigenvalue weighted by molar-refractivity contribution is 7.80. The molecule has 0 aliphatic carbocycles. The van der Waals surface area contributed by atoms with Gasteiger partial charge in [-0.3, -0.25) is 9.69 Å². The van der Waals surface area contributed by atoms with E-state index in [-0.39, 0.29) is 5.91 Å². The smallest absolute Gasteiger partial charge is 0.281 e. The Morgan fingerprint density at radius 1 is 1.17 bits per heavy atom. The molecule has 1 fully saturated rings. The minimum absolute atomic E-state index is 0.171. The van der Waals surface area contributed by atoms with Crippen LogP contribution in [0.4, 0.5) is 5.69 Å². The molecular formula is C19H18N2O2S. The van der Waals surface area contributed by atoms with Crippen LogP contribution >= 0.6 is 12.2 Å². The van der Waals surface area contributed by atoms with Crippen molar-refractivity contribution in [1.82, 2.24) is 5.32 Å². The molecule has 0 radical (unpaired) electrons. The molecule has 122 valence electrons. The highest BCUT2D eigenvalue weighted by atomic mass is 32.1. The number of hydrogen-bond donors (Lipinski definition) is 1. The maximum Gasteiger partial charge on any atom is 0.281 e. The van der Waals surface area contributed by atoms with Crippen molar-refractivity contribution in [2.75, 3.05) is 11.5 Å². The molecule has 0 unspecified atom stereocenters. The first kappa shape index (κ1) is 16.2. The van der Waals surface area contributed by atoms with E-state index >= 15 is 0 Å². The lowest BCUT2D eigenvalue weighted by molar-refractivity contribution is -0.113. The zero-order chi connectivity index (χ0) is 17.1. The van der Waals surface area contributed by atoms with Crippen LogP contribution in [0.2, 0.25) is 0 Å². The Kier molecular flexibility index (Phi) is 4.62. The Balaban J connectivity index is 1.93. The number of aryl methyl sites for hydroxylation is 1. The summed E-state index contributed by atoms with van der Waals surface area (Å²) in [5.41, 5.74) is 3.16. The third-order valence-corrected chi connectivity index (χ3v) is 3.97. The van der Waals surface area contributed by atoms with Crippen molar-refractivity contribution >= 4 is 35.0 Å². The topological polar surface area (TPSA) is 41.6 Å². The van der Waals surface area contributed by atoms with E-state index in [0.29, 0.717) is 17.4 Å². The van der Waals surface area contributed by atoms with Gasteiger partial charge in [-0.15, -0.1) is 0 Å². The van der Waals surface area contributed by atoms with Crippen molar-refractivity contribution < 1.29 is 9.53 Å². The normalized spacial score (nSPS) is 15.8. The van der Waals surface area contributed by atoms with Gasteiger partial charge in [-0.2, -0.15) is 0 Å². The van der Waals surface area contributed by atoms with Crippen molar-refractivity contribution in [3.63, 3.8) is 0 Å².